The molecule has 17 heavy (non-hydrogen) atoms. The molecule has 0 aliphatic carbocycles. The number of aryl methyl sites for hydroxylation is 1. The van der Waals surface area contributed by atoms with E-state index >= 15 is 0 Å². The van der Waals surface area contributed by atoms with Crippen molar-refractivity contribution in [2.24, 2.45) is 0 Å². The van der Waals surface area contributed by atoms with Gasteiger partial charge in [0, 0.05) is 23.8 Å². The topological polar surface area (TPSA) is 3.24 Å². The zero-order chi connectivity index (χ0) is 12.3. The summed E-state index contributed by atoms with van der Waals surface area (Å²) in [6, 6.07) is 16.9. The van der Waals surface area contributed by atoms with Crippen molar-refractivity contribution in [3.8, 4) is 0 Å². The van der Waals surface area contributed by atoms with Gasteiger partial charge in [0.05, 0.1) is 0 Å². The summed E-state index contributed by atoms with van der Waals surface area (Å²) in [5, 5.41) is 0.874. The van der Waals surface area contributed by atoms with Gasteiger partial charge in [-0.3, -0.25) is 0 Å². The molecule has 88 valence electrons. The fraction of sp³-hybridized carbons (Fsp3) is 0.200. The SMILES string of the molecule is Cc1ccccc1N(C)c1ccccc1CBr. The van der Waals surface area contributed by atoms with Crippen LogP contribution in [-0.2, 0) is 5.33 Å². The first-order chi connectivity index (χ1) is 8.24. The second-order valence-electron chi connectivity index (χ2n) is 4.11. The Hall–Kier alpha value is -1.28. The quantitative estimate of drug-likeness (QED) is 0.743. The van der Waals surface area contributed by atoms with E-state index in [2.05, 4.69) is 83.3 Å². The highest BCUT2D eigenvalue weighted by Crippen LogP contribution is 2.30. The molecule has 2 aromatic carbocycles. The van der Waals surface area contributed by atoms with Crippen LogP contribution in [0.25, 0.3) is 0 Å². The molecule has 1 nitrogen and oxygen atoms in total. The van der Waals surface area contributed by atoms with Gasteiger partial charge in [-0.2, -0.15) is 0 Å². The van der Waals surface area contributed by atoms with E-state index in [1.165, 1.54) is 22.5 Å². The van der Waals surface area contributed by atoms with Crippen molar-refractivity contribution in [2.45, 2.75) is 12.3 Å². The predicted molar refractivity (Wildman–Crippen MR) is 78.3 cm³/mol. The van der Waals surface area contributed by atoms with Gasteiger partial charge in [-0.15, -0.1) is 0 Å². The van der Waals surface area contributed by atoms with E-state index < -0.39 is 0 Å². The van der Waals surface area contributed by atoms with Crippen molar-refractivity contribution in [3.05, 3.63) is 59.7 Å². The normalized spacial score (nSPS) is 10.3. The highest BCUT2D eigenvalue weighted by molar-refractivity contribution is 9.08. The fourth-order valence-corrected chi connectivity index (χ4v) is 2.49. The molecule has 0 heterocycles. The molecule has 0 aromatic heterocycles. The van der Waals surface area contributed by atoms with Crippen molar-refractivity contribution >= 4 is 27.3 Å². The molecule has 0 fully saturated rings. The molecule has 0 amide bonds. The molecule has 0 spiro atoms. The minimum absolute atomic E-state index is 0.874. The van der Waals surface area contributed by atoms with Crippen molar-refractivity contribution in [3.63, 3.8) is 0 Å². The standard InChI is InChI=1S/C15H16BrN/c1-12-7-3-5-9-14(12)17(2)15-10-6-4-8-13(15)11-16/h3-10H,11H2,1-2H3. The van der Waals surface area contributed by atoms with Crippen LogP contribution in [0.1, 0.15) is 11.1 Å². The number of benzene rings is 2. The number of rotatable bonds is 3. The molecule has 2 aromatic rings. The minimum atomic E-state index is 0.874. The zero-order valence-corrected chi connectivity index (χ0v) is 11.7. The third kappa shape index (κ3) is 2.52. The Labute approximate surface area is 111 Å². The maximum absolute atomic E-state index is 3.54. The van der Waals surface area contributed by atoms with Gasteiger partial charge in [-0.25, -0.2) is 0 Å². The average molecular weight is 290 g/mol. The summed E-state index contributed by atoms with van der Waals surface area (Å²) in [6.07, 6.45) is 0. The summed E-state index contributed by atoms with van der Waals surface area (Å²) in [6.45, 7) is 2.14. The van der Waals surface area contributed by atoms with Crippen molar-refractivity contribution in [1.29, 1.82) is 0 Å². The van der Waals surface area contributed by atoms with Gasteiger partial charge in [0.25, 0.3) is 0 Å². The first-order valence-electron chi connectivity index (χ1n) is 5.67. The van der Waals surface area contributed by atoms with Crippen LogP contribution < -0.4 is 4.90 Å². The number of hydrogen-bond acceptors (Lipinski definition) is 1. The van der Waals surface area contributed by atoms with Crippen molar-refractivity contribution in [2.75, 3.05) is 11.9 Å². The van der Waals surface area contributed by atoms with Crippen LogP contribution in [0.3, 0.4) is 0 Å². The van der Waals surface area contributed by atoms with E-state index in [4.69, 9.17) is 0 Å². The molecule has 2 heteroatoms. The number of alkyl halides is 1. The molecular weight excluding hydrogens is 274 g/mol. The van der Waals surface area contributed by atoms with Gasteiger partial charge in [0.1, 0.15) is 0 Å². The summed E-state index contributed by atoms with van der Waals surface area (Å²) in [4.78, 5) is 2.24. The van der Waals surface area contributed by atoms with Crippen LogP contribution in [0.4, 0.5) is 11.4 Å². The lowest BCUT2D eigenvalue weighted by Gasteiger charge is -2.23. The van der Waals surface area contributed by atoms with Crippen LogP contribution in [0.5, 0.6) is 0 Å². The lowest BCUT2D eigenvalue weighted by Crippen LogP contribution is -2.12. The predicted octanol–water partition coefficient (Wildman–Crippen LogP) is 4.66. The largest absolute Gasteiger partial charge is 0.344 e. The van der Waals surface area contributed by atoms with Crippen LogP contribution in [0.2, 0.25) is 0 Å². The molecule has 0 N–H and O–H groups in total. The molecule has 0 bridgehead atoms. The molecular formula is C15H16BrN. The van der Waals surface area contributed by atoms with Gasteiger partial charge < -0.3 is 4.90 Å². The number of nitrogens with zero attached hydrogens (tertiary/aromatic N) is 1. The number of hydrogen-bond donors (Lipinski definition) is 0. The van der Waals surface area contributed by atoms with Crippen molar-refractivity contribution in [1.82, 2.24) is 0 Å². The van der Waals surface area contributed by atoms with E-state index in [1.54, 1.807) is 0 Å². The number of anilines is 2. The maximum atomic E-state index is 3.54. The molecule has 0 aliphatic rings. The van der Waals surface area contributed by atoms with Gasteiger partial charge in [-0.1, -0.05) is 52.3 Å². The molecule has 0 atom stereocenters. The fourth-order valence-electron chi connectivity index (χ4n) is 2.02. The van der Waals surface area contributed by atoms with E-state index in [-0.39, 0.29) is 0 Å². The van der Waals surface area contributed by atoms with Crippen molar-refractivity contribution < 1.29 is 0 Å². The Balaban J connectivity index is 2.44. The molecule has 0 saturated carbocycles. The Morgan fingerprint density at radius 1 is 0.941 bits per heavy atom. The van der Waals surface area contributed by atoms with E-state index in [0.29, 0.717) is 0 Å². The summed E-state index contributed by atoms with van der Waals surface area (Å²) < 4.78 is 0. The molecule has 0 unspecified atom stereocenters. The van der Waals surface area contributed by atoms with Crippen LogP contribution in [0, 0.1) is 6.92 Å². The smallest absolute Gasteiger partial charge is 0.0449 e. The second-order valence-corrected chi connectivity index (χ2v) is 4.67. The maximum Gasteiger partial charge on any atom is 0.0449 e. The summed E-state index contributed by atoms with van der Waals surface area (Å²) in [5.41, 5.74) is 5.09. The van der Waals surface area contributed by atoms with E-state index in [9.17, 15) is 0 Å². The Kier molecular flexibility index (Phi) is 3.85. The zero-order valence-electron chi connectivity index (χ0n) is 10.2. The second kappa shape index (κ2) is 5.37. The summed E-state index contributed by atoms with van der Waals surface area (Å²) in [7, 11) is 2.11. The van der Waals surface area contributed by atoms with Gasteiger partial charge in [0.15, 0.2) is 0 Å². The molecule has 0 aliphatic heterocycles. The Morgan fingerprint density at radius 2 is 1.53 bits per heavy atom. The van der Waals surface area contributed by atoms with Gasteiger partial charge in [-0.05, 0) is 30.2 Å². The first-order valence-corrected chi connectivity index (χ1v) is 6.79. The lowest BCUT2D eigenvalue weighted by atomic mass is 10.1. The van der Waals surface area contributed by atoms with E-state index in [0.717, 1.165) is 5.33 Å². The van der Waals surface area contributed by atoms with Crippen LogP contribution in [-0.4, -0.2) is 7.05 Å². The number of para-hydroxylation sites is 2. The van der Waals surface area contributed by atoms with E-state index in [1.807, 2.05) is 0 Å². The third-order valence-electron chi connectivity index (χ3n) is 2.97. The number of halogens is 1. The highest BCUT2D eigenvalue weighted by atomic mass is 79.9. The minimum Gasteiger partial charge on any atom is -0.344 e. The Bertz CT molecular complexity index is 508. The van der Waals surface area contributed by atoms with Gasteiger partial charge >= 0.3 is 0 Å². The molecule has 0 saturated heterocycles. The first kappa shape index (κ1) is 12.2. The van der Waals surface area contributed by atoms with Crippen LogP contribution >= 0.6 is 15.9 Å². The molecule has 0 radical (unpaired) electrons. The summed E-state index contributed by atoms with van der Waals surface area (Å²) >= 11 is 3.54. The molecule has 2 rings (SSSR count). The van der Waals surface area contributed by atoms with Gasteiger partial charge in [0.2, 0.25) is 0 Å². The third-order valence-corrected chi connectivity index (χ3v) is 3.58. The Morgan fingerprint density at radius 3 is 2.18 bits per heavy atom. The lowest BCUT2D eigenvalue weighted by molar-refractivity contribution is 1.16. The summed E-state index contributed by atoms with van der Waals surface area (Å²) in [5.74, 6) is 0. The highest BCUT2D eigenvalue weighted by Gasteiger charge is 2.09. The monoisotopic (exact) mass is 289 g/mol. The van der Waals surface area contributed by atoms with Crippen LogP contribution in [0.15, 0.2) is 48.5 Å². The average Bonchev–Trinajstić information content (AvgIpc) is 2.38.